The summed E-state index contributed by atoms with van der Waals surface area (Å²) in [5.74, 6) is -0.473. The summed E-state index contributed by atoms with van der Waals surface area (Å²) in [6.45, 7) is 3.66. The van der Waals surface area contributed by atoms with E-state index in [4.69, 9.17) is 0 Å². The topological polar surface area (TPSA) is 52.7 Å². The molecule has 0 bridgehead atoms. The SMILES string of the molecule is C[C@@H]1CN(C(=O)Cc2ccccc2)CCN1CCCCC1(C(=O)NCC(F)(F)F)c2ccccc2-c2ccccc21. The lowest BCUT2D eigenvalue weighted by atomic mass is 9.73. The van der Waals surface area contributed by atoms with Crippen LogP contribution in [0.4, 0.5) is 13.2 Å². The monoisotopic (exact) mass is 563 g/mol. The molecule has 1 N–H and O–H groups in total. The van der Waals surface area contributed by atoms with Crippen LogP contribution < -0.4 is 5.32 Å². The molecule has 0 unspecified atom stereocenters. The van der Waals surface area contributed by atoms with E-state index in [0.717, 1.165) is 47.3 Å². The summed E-state index contributed by atoms with van der Waals surface area (Å²) >= 11 is 0. The Kier molecular flexibility index (Phi) is 8.50. The summed E-state index contributed by atoms with van der Waals surface area (Å²) in [5.41, 5.74) is 3.16. The van der Waals surface area contributed by atoms with Gasteiger partial charge in [-0.2, -0.15) is 13.2 Å². The van der Waals surface area contributed by atoms with E-state index in [-0.39, 0.29) is 11.9 Å². The molecule has 5 nitrogen and oxygen atoms in total. The molecular formula is C33H36F3N3O2. The fourth-order valence-corrected chi connectivity index (χ4v) is 6.43. The number of nitrogens with zero attached hydrogens (tertiary/aromatic N) is 2. The van der Waals surface area contributed by atoms with Crippen LogP contribution in [0.25, 0.3) is 11.1 Å². The summed E-state index contributed by atoms with van der Waals surface area (Å²) in [4.78, 5) is 30.8. The quantitative estimate of drug-likeness (QED) is 0.346. The number of benzene rings is 3. The highest BCUT2D eigenvalue weighted by atomic mass is 19.4. The van der Waals surface area contributed by atoms with Crippen molar-refractivity contribution in [3.8, 4) is 11.1 Å². The minimum absolute atomic E-state index is 0.132. The van der Waals surface area contributed by atoms with Gasteiger partial charge in [0.05, 0.1) is 6.42 Å². The maximum Gasteiger partial charge on any atom is 0.405 e. The molecule has 1 fully saturated rings. The van der Waals surface area contributed by atoms with Crippen LogP contribution in [0.2, 0.25) is 0 Å². The molecule has 0 spiro atoms. The first kappa shape index (κ1) is 28.9. The number of halogens is 3. The van der Waals surface area contributed by atoms with E-state index in [1.807, 2.05) is 83.8 Å². The predicted molar refractivity (Wildman–Crippen MR) is 153 cm³/mol. The normalized spacial score (nSPS) is 18.0. The van der Waals surface area contributed by atoms with E-state index in [9.17, 15) is 22.8 Å². The van der Waals surface area contributed by atoms with Crippen LogP contribution >= 0.6 is 0 Å². The predicted octanol–water partition coefficient (Wildman–Crippen LogP) is 5.58. The van der Waals surface area contributed by atoms with E-state index >= 15 is 0 Å². The summed E-state index contributed by atoms with van der Waals surface area (Å²) in [7, 11) is 0. The van der Waals surface area contributed by atoms with Crippen LogP contribution in [0, 0.1) is 0 Å². The number of carbonyl (C=O) groups is 2. The summed E-state index contributed by atoms with van der Waals surface area (Å²) < 4.78 is 39.3. The smallest absolute Gasteiger partial charge is 0.346 e. The largest absolute Gasteiger partial charge is 0.405 e. The zero-order valence-electron chi connectivity index (χ0n) is 23.3. The Hall–Kier alpha value is -3.65. The van der Waals surface area contributed by atoms with Crippen molar-refractivity contribution in [2.45, 2.75) is 50.2 Å². The van der Waals surface area contributed by atoms with E-state index in [1.54, 1.807) is 0 Å². The summed E-state index contributed by atoms with van der Waals surface area (Å²) in [6, 6.07) is 25.0. The molecule has 216 valence electrons. The molecule has 3 aromatic carbocycles. The third kappa shape index (κ3) is 6.17. The standard InChI is InChI=1S/C33H36F3N3O2/c1-24-22-39(30(40)21-25-11-3-2-4-12-25)20-19-38(24)18-10-9-17-32(31(41)37-23-33(34,35)36)28-15-7-5-13-26(28)27-14-6-8-16-29(27)32/h2-8,11-16,24H,9-10,17-23H2,1H3,(H,37,41)/t24-/m1/s1. The van der Waals surface area contributed by atoms with Gasteiger partial charge in [-0.25, -0.2) is 0 Å². The Labute approximate surface area is 239 Å². The first-order valence-corrected chi connectivity index (χ1v) is 14.3. The zero-order valence-corrected chi connectivity index (χ0v) is 23.3. The zero-order chi connectivity index (χ0) is 29.0. The van der Waals surface area contributed by atoms with E-state index < -0.39 is 24.0 Å². The Morgan fingerprint density at radius 1 is 0.878 bits per heavy atom. The van der Waals surface area contributed by atoms with Crippen LogP contribution in [0.1, 0.15) is 42.9 Å². The number of piperazine rings is 1. The van der Waals surface area contributed by atoms with Crippen LogP contribution in [0.3, 0.4) is 0 Å². The molecule has 0 aromatic heterocycles. The van der Waals surface area contributed by atoms with Crippen molar-refractivity contribution >= 4 is 11.8 Å². The molecule has 0 radical (unpaired) electrons. The molecule has 0 saturated carbocycles. The molecule has 3 aromatic rings. The van der Waals surface area contributed by atoms with Gasteiger partial charge < -0.3 is 10.2 Å². The molecule has 8 heteroatoms. The number of hydrogen-bond donors (Lipinski definition) is 1. The van der Waals surface area contributed by atoms with Gasteiger partial charge in [0.2, 0.25) is 11.8 Å². The average molecular weight is 564 g/mol. The minimum atomic E-state index is -4.49. The van der Waals surface area contributed by atoms with Crippen LogP contribution in [-0.2, 0) is 21.4 Å². The van der Waals surface area contributed by atoms with Gasteiger partial charge in [0, 0.05) is 25.7 Å². The van der Waals surface area contributed by atoms with Crippen molar-refractivity contribution in [3.63, 3.8) is 0 Å². The Balaban J connectivity index is 1.24. The van der Waals surface area contributed by atoms with Gasteiger partial charge in [0.1, 0.15) is 12.0 Å². The number of unbranched alkanes of at least 4 members (excludes halogenated alkanes) is 1. The number of hydrogen-bond acceptors (Lipinski definition) is 3. The maximum absolute atomic E-state index is 13.7. The molecule has 5 rings (SSSR count). The lowest BCUT2D eigenvalue weighted by Gasteiger charge is -2.40. The third-order valence-electron chi connectivity index (χ3n) is 8.46. The molecule has 1 aliphatic heterocycles. The number of alkyl halides is 3. The second kappa shape index (κ2) is 12.1. The van der Waals surface area contributed by atoms with Crippen LogP contribution in [0.5, 0.6) is 0 Å². The minimum Gasteiger partial charge on any atom is -0.346 e. The third-order valence-corrected chi connectivity index (χ3v) is 8.46. The fourth-order valence-electron chi connectivity index (χ4n) is 6.43. The van der Waals surface area contributed by atoms with Gasteiger partial charge in [-0.3, -0.25) is 14.5 Å². The summed E-state index contributed by atoms with van der Waals surface area (Å²) in [5, 5.41) is 2.21. The highest BCUT2D eigenvalue weighted by molar-refractivity contribution is 6.00. The van der Waals surface area contributed by atoms with Crippen molar-refractivity contribution in [1.82, 2.24) is 15.1 Å². The molecule has 2 amide bonds. The number of fused-ring (bicyclic) bond motifs is 3. The van der Waals surface area contributed by atoms with Gasteiger partial charge in [-0.1, -0.05) is 85.3 Å². The number of rotatable bonds is 9. The van der Waals surface area contributed by atoms with Crippen molar-refractivity contribution in [2.75, 3.05) is 32.7 Å². The van der Waals surface area contributed by atoms with Gasteiger partial charge in [0.25, 0.3) is 0 Å². The molecule has 1 atom stereocenters. The van der Waals surface area contributed by atoms with Crippen LogP contribution in [0.15, 0.2) is 78.9 Å². The second-order valence-corrected chi connectivity index (χ2v) is 11.1. The van der Waals surface area contributed by atoms with E-state index in [0.29, 0.717) is 32.4 Å². The lowest BCUT2D eigenvalue weighted by Crippen LogP contribution is -2.54. The highest BCUT2D eigenvalue weighted by Gasteiger charge is 2.49. The van der Waals surface area contributed by atoms with Crippen molar-refractivity contribution < 1.29 is 22.8 Å². The lowest BCUT2D eigenvalue weighted by molar-refractivity contribution is -0.141. The highest BCUT2D eigenvalue weighted by Crippen LogP contribution is 2.51. The Bertz CT molecular complexity index is 1330. The summed E-state index contributed by atoms with van der Waals surface area (Å²) in [6.07, 6.45) is -2.22. The van der Waals surface area contributed by atoms with Gasteiger partial charge >= 0.3 is 6.18 Å². The second-order valence-electron chi connectivity index (χ2n) is 11.1. The van der Waals surface area contributed by atoms with Gasteiger partial charge in [-0.15, -0.1) is 0 Å². The molecule has 1 aliphatic carbocycles. The number of carbonyl (C=O) groups excluding carboxylic acids is 2. The van der Waals surface area contributed by atoms with Crippen molar-refractivity contribution in [2.24, 2.45) is 0 Å². The van der Waals surface area contributed by atoms with Gasteiger partial charge in [-0.05, 0) is 54.1 Å². The fraction of sp³-hybridized carbons (Fsp3) is 0.394. The molecule has 1 heterocycles. The number of amides is 2. The molecule has 41 heavy (non-hydrogen) atoms. The maximum atomic E-state index is 13.7. The molecule has 2 aliphatic rings. The Morgan fingerprint density at radius 2 is 1.49 bits per heavy atom. The van der Waals surface area contributed by atoms with Crippen molar-refractivity contribution in [3.05, 3.63) is 95.6 Å². The van der Waals surface area contributed by atoms with E-state index in [2.05, 4.69) is 17.1 Å². The molecular weight excluding hydrogens is 527 g/mol. The van der Waals surface area contributed by atoms with Gasteiger partial charge in [0.15, 0.2) is 0 Å². The number of nitrogens with one attached hydrogen (secondary N) is 1. The Morgan fingerprint density at radius 3 is 2.10 bits per heavy atom. The first-order chi connectivity index (χ1) is 19.7. The molecule has 1 saturated heterocycles. The van der Waals surface area contributed by atoms with Crippen molar-refractivity contribution in [1.29, 1.82) is 0 Å². The average Bonchev–Trinajstić information content (AvgIpc) is 3.25. The van der Waals surface area contributed by atoms with E-state index in [1.165, 1.54) is 0 Å². The van der Waals surface area contributed by atoms with Crippen LogP contribution in [-0.4, -0.2) is 66.6 Å². The first-order valence-electron chi connectivity index (χ1n) is 14.3.